The number of amides is 1. The lowest BCUT2D eigenvalue weighted by Gasteiger charge is -2.27. The molecule has 1 fully saturated rings. The Morgan fingerprint density at radius 1 is 1.12 bits per heavy atom. The lowest BCUT2D eigenvalue weighted by Crippen LogP contribution is -2.25. The first-order valence-electron chi connectivity index (χ1n) is 11.2. The Morgan fingerprint density at radius 2 is 1.91 bits per heavy atom. The molecule has 1 saturated carbocycles. The highest BCUT2D eigenvalue weighted by Gasteiger charge is 2.24. The molecule has 0 saturated heterocycles. The number of carbonyl (C=O) groups excluding carboxylic acids is 1. The predicted octanol–water partition coefficient (Wildman–Crippen LogP) is 6.40. The molecule has 3 atom stereocenters. The van der Waals surface area contributed by atoms with Gasteiger partial charge in [-0.05, 0) is 55.7 Å². The van der Waals surface area contributed by atoms with E-state index in [2.05, 4.69) is 10.3 Å². The fourth-order valence-corrected chi connectivity index (χ4v) is 4.51. The van der Waals surface area contributed by atoms with Crippen LogP contribution < -0.4 is 14.8 Å². The van der Waals surface area contributed by atoms with Crippen LogP contribution in [0.5, 0.6) is 17.4 Å². The summed E-state index contributed by atoms with van der Waals surface area (Å²) in [4.78, 5) is 16.0. The third-order valence-corrected chi connectivity index (χ3v) is 6.51. The second-order valence-corrected chi connectivity index (χ2v) is 9.00. The van der Waals surface area contributed by atoms with Gasteiger partial charge in [0.2, 0.25) is 11.8 Å². The maximum atomic E-state index is 11.3. The normalized spacial score (nSPS) is 19.3. The Labute approximate surface area is 194 Å². The van der Waals surface area contributed by atoms with E-state index in [1.54, 1.807) is 0 Å². The first-order valence-corrected chi connectivity index (χ1v) is 11.6. The highest BCUT2D eigenvalue weighted by Crippen LogP contribution is 2.34. The SMILES string of the molecule is CC(=O)NC(C)c1ccc2nc(Oc3ccccc3OCC3CCCCC3Cl)ccc2c1. The third kappa shape index (κ3) is 5.52. The van der Waals surface area contributed by atoms with Gasteiger partial charge in [0.1, 0.15) is 0 Å². The number of nitrogens with one attached hydrogen (secondary N) is 1. The number of alkyl halides is 1. The molecule has 1 N–H and O–H groups in total. The first-order chi connectivity index (χ1) is 15.5. The molecule has 1 heterocycles. The third-order valence-electron chi connectivity index (χ3n) is 5.94. The Bertz CT molecular complexity index is 1090. The lowest BCUT2D eigenvalue weighted by molar-refractivity contribution is -0.119. The molecule has 6 heteroatoms. The highest BCUT2D eigenvalue weighted by molar-refractivity contribution is 6.20. The number of rotatable bonds is 7. The molecule has 3 unspecified atom stereocenters. The van der Waals surface area contributed by atoms with Crippen LogP contribution in [-0.2, 0) is 4.79 Å². The summed E-state index contributed by atoms with van der Waals surface area (Å²) >= 11 is 6.49. The topological polar surface area (TPSA) is 60.5 Å². The fraction of sp³-hybridized carbons (Fsp3) is 0.385. The number of para-hydroxylation sites is 2. The van der Waals surface area contributed by atoms with Gasteiger partial charge >= 0.3 is 0 Å². The van der Waals surface area contributed by atoms with E-state index in [0.29, 0.717) is 29.9 Å². The number of halogens is 1. The minimum Gasteiger partial charge on any atom is -0.489 e. The van der Waals surface area contributed by atoms with E-state index in [-0.39, 0.29) is 17.3 Å². The minimum absolute atomic E-state index is 0.0505. The van der Waals surface area contributed by atoms with Gasteiger partial charge in [-0.1, -0.05) is 31.0 Å². The van der Waals surface area contributed by atoms with Crippen LogP contribution >= 0.6 is 11.6 Å². The summed E-state index contributed by atoms with van der Waals surface area (Å²) in [6.45, 7) is 4.08. The Balaban J connectivity index is 1.47. The fourth-order valence-electron chi connectivity index (χ4n) is 4.15. The van der Waals surface area contributed by atoms with Gasteiger partial charge in [0.15, 0.2) is 11.5 Å². The summed E-state index contributed by atoms with van der Waals surface area (Å²) in [5.74, 6) is 2.15. The van der Waals surface area contributed by atoms with Gasteiger partial charge in [0, 0.05) is 29.7 Å². The van der Waals surface area contributed by atoms with E-state index in [0.717, 1.165) is 29.3 Å². The molecule has 0 aliphatic heterocycles. The van der Waals surface area contributed by atoms with Gasteiger partial charge in [-0.15, -0.1) is 11.6 Å². The Kier molecular flexibility index (Phi) is 7.15. The molecule has 0 radical (unpaired) electrons. The van der Waals surface area contributed by atoms with Crippen molar-refractivity contribution in [2.24, 2.45) is 5.92 Å². The van der Waals surface area contributed by atoms with Crippen molar-refractivity contribution in [3.8, 4) is 17.4 Å². The molecule has 0 bridgehead atoms. The van der Waals surface area contributed by atoms with Gasteiger partial charge in [-0.2, -0.15) is 0 Å². The lowest BCUT2D eigenvalue weighted by atomic mass is 9.89. The van der Waals surface area contributed by atoms with Crippen molar-refractivity contribution in [3.63, 3.8) is 0 Å². The van der Waals surface area contributed by atoms with Gasteiger partial charge in [-0.3, -0.25) is 4.79 Å². The van der Waals surface area contributed by atoms with Crippen LogP contribution in [0, 0.1) is 5.92 Å². The van der Waals surface area contributed by atoms with Crippen molar-refractivity contribution in [1.29, 1.82) is 0 Å². The van der Waals surface area contributed by atoms with Gasteiger partial charge in [0.25, 0.3) is 0 Å². The highest BCUT2D eigenvalue weighted by atomic mass is 35.5. The summed E-state index contributed by atoms with van der Waals surface area (Å²) in [6.07, 6.45) is 4.57. The first kappa shape index (κ1) is 22.4. The summed E-state index contributed by atoms with van der Waals surface area (Å²) in [6, 6.07) is 17.4. The van der Waals surface area contributed by atoms with E-state index in [9.17, 15) is 4.79 Å². The van der Waals surface area contributed by atoms with Crippen molar-refractivity contribution in [2.75, 3.05) is 6.61 Å². The zero-order valence-electron chi connectivity index (χ0n) is 18.5. The number of fused-ring (bicyclic) bond motifs is 1. The summed E-state index contributed by atoms with van der Waals surface area (Å²) in [7, 11) is 0. The number of hydrogen-bond donors (Lipinski definition) is 1. The maximum Gasteiger partial charge on any atom is 0.219 e. The Morgan fingerprint density at radius 3 is 2.69 bits per heavy atom. The molecule has 1 aliphatic carbocycles. The van der Waals surface area contributed by atoms with Crippen LogP contribution in [0.3, 0.4) is 0 Å². The molecule has 1 aromatic heterocycles. The summed E-state index contributed by atoms with van der Waals surface area (Å²) in [5.41, 5.74) is 1.86. The standard InChI is InChI=1S/C26H29ClN2O3/c1-17(28-18(2)30)19-11-13-23-20(15-19)12-14-26(29-23)32-25-10-6-5-9-24(25)31-16-21-7-3-4-8-22(21)27/h5-6,9-15,17,21-22H,3-4,7-8,16H2,1-2H3,(H,28,30). The molecule has 32 heavy (non-hydrogen) atoms. The molecular weight excluding hydrogens is 424 g/mol. The van der Waals surface area contributed by atoms with Crippen LogP contribution in [0.1, 0.15) is 51.1 Å². The summed E-state index contributed by atoms with van der Waals surface area (Å²) in [5, 5.41) is 4.07. The van der Waals surface area contributed by atoms with Crippen molar-refractivity contribution >= 4 is 28.4 Å². The number of pyridine rings is 1. The van der Waals surface area contributed by atoms with Crippen molar-refractivity contribution < 1.29 is 14.3 Å². The molecule has 1 aliphatic rings. The maximum absolute atomic E-state index is 11.3. The second-order valence-electron chi connectivity index (χ2n) is 8.44. The largest absolute Gasteiger partial charge is 0.489 e. The molecule has 168 valence electrons. The predicted molar refractivity (Wildman–Crippen MR) is 128 cm³/mol. The molecular formula is C26H29ClN2O3. The van der Waals surface area contributed by atoms with Gasteiger partial charge in [0.05, 0.1) is 18.2 Å². The number of carbonyl (C=O) groups is 1. The van der Waals surface area contributed by atoms with Crippen LogP contribution in [0.2, 0.25) is 0 Å². The van der Waals surface area contributed by atoms with E-state index in [1.165, 1.54) is 19.8 Å². The molecule has 3 aromatic rings. The summed E-state index contributed by atoms with van der Waals surface area (Å²) < 4.78 is 12.2. The number of nitrogens with zero attached hydrogens (tertiary/aromatic N) is 1. The Hall–Kier alpha value is -2.79. The zero-order chi connectivity index (χ0) is 22.5. The van der Waals surface area contributed by atoms with Crippen molar-refractivity contribution in [3.05, 3.63) is 60.2 Å². The van der Waals surface area contributed by atoms with Crippen molar-refractivity contribution in [2.45, 2.75) is 50.9 Å². The number of hydrogen-bond acceptors (Lipinski definition) is 4. The molecule has 5 nitrogen and oxygen atoms in total. The number of benzene rings is 2. The molecule has 0 spiro atoms. The van der Waals surface area contributed by atoms with E-state index >= 15 is 0 Å². The van der Waals surface area contributed by atoms with Gasteiger partial charge < -0.3 is 14.8 Å². The number of ether oxygens (including phenoxy) is 2. The monoisotopic (exact) mass is 452 g/mol. The molecule has 2 aromatic carbocycles. The second kappa shape index (κ2) is 10.2. The smallest absolute Gasteiger partial charge is 0.219 e. The van der Waals surface area contributed by atoms with E-state index in [4.69, 9.17) is 21.1 Å². The quantitative estimate of drug-likeness (QED) is 0.421. The molecule has 1 amide bonds. The van der Waals surface area contributed by atoms with Crippen LogP contribution in [0.4, 0.5) is 0 Å². The zero-order valence-corrected chi connectivity index (χ0v) is 19.3. The average molecular weight is 453 g/mol. The van der Waals surface area contributed by atoms with Crippen molar-refractivity contribution in [1.82, 2.24) is 10.3 Å². The minimum atomic E-state index is -0.0615. The number of aromatic nitrogens is 1. The van der Waals surface area contributed by atoms with Crippen LogP contribution in [0.25, 0.3) is 10.9 Å². The van der Waals surface area contributed by atoms with E-state index in [1.807, 2.05) is 61.5 Å². The molecule has 4 rings (SSSR count). The van der Waals surface area contributed by atoms with Crippen LogP contribution in [0.15, 0.2) is 54.6 Å². The van der Waals surface area contributed by atoms with E-state index < -0.39 is 0 Å². The average Bonchev–Trinajstić information content (AvgIpc) is 2.78. The van der Waals surface area contributed by atoms with Crippen LogP contribution in [-0.4, -0.2) is 22.9 Å². The van der Waals surface area contributed by atoms with Gasteiger partial charge in [-0.25, -0.2) is 4.98 Å².